The molecule has 0 aromatic carbocycles. The zero-order valence-corrected chi connectivity index (χ0v) is 8.14. The van der Waals surface area contributed by atoms with Crippen LogP contribution < -0.4 is 0 Å². The minimum absolute atomic E-state index is 0.215. The molecule has 0 bridgehead atoms. The first-order chi connectivity index (χ1) is 5.24. The molecule has 0 spiro atoms. The molecule has 1 nitrogen and oxygen atoms in total. The maximum atomic E-state index is 8.54. The van der Waals surface area contributed by atoms with E-state index in [0.717, 1.165) is 17.7 Å². The van der Waals surface area contributed by atoms with Gasteiger partial charge in [0.2, 0.25) is 0 Å². The molecule has 4 heteroatoms. The molecule has 0 unspecified atom stereocenters. The van der Waals surface area contributed by atoms with Crippen molar-refractivity contribution < 1.29 is 5.11 Å². The monoisotopic (exact) mass is 210 g/mol. The Balaban J connectivity index is 2.58. The van der Waals surface area contributed by atoms with E-state index in [4.69, 9.17) is 28.3 Å². The first-order valence-electron chi connectivity index (χ1n) is 3.28. The number of aliphatic hydroxyl groups excluding tert-OH is 1. The second-order valence-corrected chi connectivity index (χ2v) is 4.31. The van der Waals surface area contributed by atoms with Gasteiger partial charge in [-0.05, 0) is 18.9 Å². The summed E-state index contributed by atoms with van der Waals surface area (Å²) in [4.78, 5) is 1.13. The van der Waals surface area contributed by atoms with Gasteiger partial charge in [-0.2, -0.15) is 0 Å². The van der Waals surface area contributed by atoms with E-state index in [1.807, 2.05) is 6.07 Å². The van der Waals surface area contributed by atoms with Crippen molar-refractivity contribution >= 4 is 34.5 Å². The van der Waals surface area contributed by atoms with Gasteiger partial charge in [0.25, 0.3) is 0 Å². The second kappa shape index (κ2) is 4.31. The fourth-order valence-electron chi connectivity index (χ4n) is 0.768. The minimum Gasteiger partial charge on any atom is -0.396 e. The quantitative estimate of drug-likeness (QED) is 0.814. The molecule has 0 aliphatic carbocycles. The van der Waals surface area contributed by atoms with Gasteiger partial charge >= 0.3 is 0 Å². The van der Waals surface area contributed by atoms with E-state index in [9.17, 15) is 0 Å². The van der Waals surface area contributed by atoms with Crippen LogP contribution in [0, 0.1) is 0 Å². The van der Waals surface area contributed by atoms with E-state index in [1.165, 1.54) is 11.3 Å². The molecule has 1 N–H and O–H groups in total. The first-order valence-corrected chi connectivity index (χ1v) is 4.86. The number of aliphatic hydroxyl groups is 1. The van der Waals surface area contributed by atoms with Gasteiger partial charge in [0, 0.05) is 11.5 Å². The van der Waals surface area contributed by atoms with Gasteiger partial charge in [-0.3, -0.25) is 0 Å². The lowest BCUT2D eigenvalue weighted by Gasteiger charge is -1.90. The molecular formula is C7H8Cl2OS. The molecule has 1 rings (SSSR count). The van der Waals surface area contributed by atoms with Crippen molar-refractivity contribution in [3.05, 3.63) is 20.3 Å². The summed E-state index contributed by atoms with van der Waals surface area (Å²) in [6.45, 7) is 0.215. The van der Waals surface area contributed by atoms with Gasteiger partial charge in [-0.1, -0.05) is 23.2 Å². The van der Waals surface area contributed by atoms with Crippen molar-refractivity contribution in [2.24, 2.45) is 0 Å². The van der Waals surface area contributed by atoms with Crippen LogP contribution in [0.2, 0.25) is 9.36 Å². The van der Waals surface area contributed by atoms with Crippen molar-refractivity contribution in [2.75, 3.05) is 6.61 Å². The molecule has 11 heavy (non-hydrogen) atoms. The SMILES string of the molecule is OCCCc1cc(Cl)c(Cl)s1. The summed E-state index contributed by atoms with van der Waals surface area (Å²) in [7, 11) is 0. The van der Waals surface area contributed by atoms with Gasteiger partial charge in [0.15, 0.2) is 0 Å². The highest BCUT2D eigenvalue weighted by molar-refractivity contribution is 7.16. The Kier molecular flexibility index (Phi) is 3.66. The third-order valence-corrected chi connectivity index (χ3v) is 3.20. The third-order valence-electron chi connectivity index (χ3n) is 1.28. The number of hydrogen-bond donors (Lipinski definition) is 1. The van der Waals surface area contributed by atoms with Gasteiger partial charge in [0.1, 0.15) is 4.34 Å². The molecule has 0 amide bonds. The van der Waals surface area contributed by atoms with E-state index in [0.29, 0.717) is 9.36 Å². The molecule has 0 atom stereocenters. The lowest BCUT2D eigenvalue weighted by molar-refractivity contribution is 0.289. The summed E-state index contributed by atoms with van der Waals surface area (Å²) < 4.78 is 0.639. The highest BCUT2D eigenvalue weighted by Crippen LogP contribution is 2.31. The van der Waals surface area contributed by atoms with Gasteiger partial charge in [-0.25, -0.2) is 0 Å². The lowest BCUT2D eigenvalue weighted by atomic mass is 10.3. The van der Waals surface area contributed by atoms with E-state index < -0.39 is 0 Å². The van der Waals surface area contributed by atoms with Crippen LogP contribution in [0.5, 0.6) is 0 Å². The fraction of sp³-hybridized carbons (Fsp3) is 0.429. The van der Waals surface area contributed by atoms with Gasteiger partial charge in [-0.15, -0.1) is 11.3 Å². The number of rotatable bonds is 3. The maximum absolute atomic E-state index is 8.54. The highest BCUT2D eigenvalue weighted by atomic mass is 35.5. The predicted octanol–water partition coefficient (Wildman–Crippen LogP) is 2.98. The number of aryl methyl sites for hydroxylation is 1. The predicted molar refractivity (Wildman–Crippen MR) is 49.7 cm³/mol. The fourth-order valence-corrected chi connectivity index (χ4v) is 2.24. The molecule has 0 saturated carbocycles. The Hall–Kier alpha value is 0.240. The Labute approximate surface area is 79.6 Å². The van der Waals surface area contributed by atoms with Crippen molar-refractivity contribution in [3.63, 3.8) is 0 Å². The lowest BCUT2D eigenvalue weighted by Crippen LogP contribution is -1.84. The summed E-state index contributed by atoms with van der Waals surface area (Å²) in [5, 5.41) is 9.16. The van der Waals surface area contributed by atoms with Gasteiger partial charge < -0.3 is 5.11 Å². The number of halogens is 2. The standard InChI is InChI=1S/C7H8Cl2OS/c8-6-4-5(2-1-3-10)11-7(6)9/h4,10H,1-3H2. The average molecular weight is 211 g/mol. The van der Waals surface area contributed by atoms with Crippen LogP contribution in [-0.4, -0.2) is 11.7 Å². The minimum atomic E-state index is 0.215. The summed E-state index contributed by atoms with van der Waals surface area (Å²) in [5.41, 5.74) is 0. The van der Waals surface area contributed by atoms with Crippen LogP contribution >= 0.6 is 34.5 Å². The Morgan fingerprint density at radius 3 is 2.64 bits per heavy atom. The van der Waals surface area contributed by atoms with Crippen molar-refractivity contribution in [2.45, 2.75) is 12.8 Å². The van der Waals surface area contributed by atoms with Crippen LogP contribution in [0.4, 0.5) is 0 Å². The van der Waals surface area contributed by atoms with Crippen LogP contribution in [0.15, 0.2) is 6.07 Å². The molecule has 0 aliphatic heterocycles. The van der Waals surface area contributed by atoms with Crippen molar-refractivity contribution in [1.82, 2.24) is 0 Å². The smallest absolute Gasteiger partial charge is 0.112 e. The first kappa shape index (κ1) is 9.33. The van der Waals surface area contributed by atoms with Crippen molar-refractivity contribution in [3.8, 4) is 0 Å². The van der Waals surface area contributed by atoms with E-state index >= 15 is 0 Å². The largest absolute Gasteiger partial charge is 0.396 e. The molecule has 1 aromatic heterocycles. The molecule has 0 fully saturated rings. The number of hydrogen-bond acceptors (Lipinski definition) is 2. The van der Waals surface area contributed by atoms with Crippen LogP contribution in [0.25, 0.3) is 0 Å². The zero-order chi connectivity index (χ0) is 8.27. The second-order valence-electron chi connectivity index (χ2n) is 2.16. The normalized spacial score (nSPS) is 10.5. The van der Waals surface area contributed by atoms with Crippen molar-refractivity contribution in [1.29, 1.82) is 0 Å². The third kappa shape index (κ3) is 2.64. The summed E-state index contributed by atoms with van der Waals surface area (Å²) in [6, 6.07) is 1.85. The molecule has 0 aliphatic rings. The summed E-state index contributed by atoms with van der Waals surface area (Å²) >= 11 is 12.9. The molecule has 1 aromatic rings. The van der Waals surface area contributed by atoms with Crippen LogP contribution in [-0.2, 0) is 6.42 Å². The van der Waals surface area contributed by atoms with Crippen LogP contribution in [0.3, 0.4) is 0 Å². The Morgan fingerprint density at radius 2 is 2.18 bits per heavy atom. The maximum Gasteiger partial charge on any atom is 0.112 e. The summed E-state index contributed by atoms with van der Waals surface area (Å²) in [5.74, 6) is 0. The van der Waals surface area contributed by atoms with E-state index in [1.54, 1.807) is 0 Å². The Morgan fingerprint density at radius 1 is 1.45 bits per heavy atom. The highest BCUT2D eigenvalue weighted by Gasteiger charge is 2.03. The van der Waals surface area contributed by atoms with Gasteiger partial charge in [0.05, 0.1) is 5.02 Å². The van der Waals surface area contributed by atoms with E-state index in [2.05, 4.69) is 0 Å². The zero-order valence-electron chi connectivity index (χ0n) is 5.81. The molecule has 1 heterocycles. The summed E-state index contributed by atoms with van der Waals surface area (Å²) in [6.07, 6.45) is 1.63. The molecular weight excluding hydrogens is 203 g/mol. The van der Waals surface area contributed by atoms with Crippen LogP contribution in [0.1, 0.15) is 11.3 Å². The molecule has 0 saturated heterocycles. The molecule has 62 valence electrons. The topological polar surface area (TPSA) is 20.2 Å². The molecule has 0 radical (unpaired) electrons. The Bertz CT molecular complexity index is 215. The number of thiophene rings is 1. The van der Waals surface area contributed by atoms with E-state index in [-0.39, 0.29) is 6.61 Å². The average Bonchev–Trinajstić information content (AvgIpc) is 2.28.